The molecule has 0 aliphatic carbocycles. The predicted octanol–water partition coefficient (Wildman–Crippen LogP) is -0.113. The van der Waals surface area contributed by atoms with E-state index in [0.717, 1.165) is 18.9 Å². The van der Waals surface area contributed by atoms with E-state index in [1.807, 2.05) is 23.9 Å². The monoisotopic (exact) mass is 323 g/mol. The number of anilines is 1. The van der Waals surface area contributed by atoms with Gasteiger partial charge in [-0.1, -0.05) is 0 Å². The summed E-state index contributed by atoms with van der Waals surface area (Å²) in [5.74, 6) is -0.0738. The van der Waals surface area contributed by atoms with Crippen LogP contribution in [0.4, 0.5) is 10.3 Å². The first-order valence-corrected chi connectivity index (χ1v) is 7.83. The molecule has 1 aromatic heterocycles. The average Bonchev–Trinajstić information content (AvgIpc) is 2.82. The number of nitrogens with one attached hydrogen (secondary N) is 1. The number of carbonyl (C=O) groups is 1. The van der Waals surface area contributed by atoms with Crippen LogP contribution in [0.5, 0.6) is 0 Å². The highest BCUT2D eigenvalue weighted by molar-refractivity contribution is 5.79. The Labute approximate surface area is 134 Å². The first kappa shape index (κ1) is 16.1. The Morgan fingerprint density at radius 1 is 1.43 bits per heavy atom. The highest BCUT2D eigenvalue weighted by atomic mass is 19.1. The van der Waals surface area contributed by atoms with Gasteiger partial charge >= 0.3 is 0 Å². The fourth-order valence-corrected chi connectivity index (χ4v) is 3.10. The van der Waals surface area contributed by atoms with Crippen LogP contribution >= 0.6 is 0 Å². The van der Waals surface area contributed by atoms with Gasteiger partial charge < -0.3 is 19.9 Å². The number of hydrogen-bond donors (Lipinski definition) is 1. The van der Waals surface area contributed by atoms with Crippen molar-refractivity contribution in [1.29, 1.82) is 0 Å². The summed E-state index contributed by atoms with van der Waals surface area (Å²) in [6.45, 7) is 2.62. The van der Waals surface area contributed by atoms with E-state index in [1.54, 1.807) is 0 Å². The molecule has 126 valence electrons. The highest BCUT2D eigenvalue weighted by Crippen LogP contribution is 2.33. The van der Waals surface area contributed by atoms with E-state index < -0.39 is 5.82 Å². The van der Waals surface area contributed by atoms with Crippen molar-refractivity contribution >= 4 is 11.9 Å². The lowest BCUT2D eigenvalue weighted by molar-refractivity contribution is -0.126. The molecule has 7 nitrogen and oxygen atoms in total. The minimum atomic E-state index is -0.455. The molecule has 2 bridgehead atoms. The number of nitrogens with zero attached hydrogens (tertiary/aromatic N) is 4. The second-order valence-electron chi connectivity index (χ2n) is 6.34. The maximum absolute atomic E-state index is 12.9. The molecule has 0 spiro atoms. The summed E-state index contributed by atoms with van der Waals surface area (Å²) in [4.78, 5) is 24.4. The minimum Gasteiger partial charge on any atom is -0.370 e. The molecule has 1 amide bonds. The number of amides is 1. The molecule has 0 aromatic carbocycles. The number of aromatic nitrogens is 2. The van der Waals surface area contributed by atoms with Crippen LogP contribution in [0.15, 0.2) is 12.4 Å². The summed E-state index contributed by atoms with van der Waals surface area (Å²) in [7, 11) is 3.94. The van der Waals surface area contributed by atoms with Crippen LogP contribution in [0.25, 0.3) is 0 Å². The zero-order chi connectivity index (χ0) is 16.4. The Balaban J connectivity index is 1.59. The largest absolute Gasteiger partial charge is 0.370 e. The van der Waals surface area contributed by atoms with Crippen molar-refractivity contribution in [2.75, 3.05) is 45.2 Å². The molecule has 0 radical (unpaired) electrons. The number of ether oxygens (including phenoxy) is 1. The van der Waals surface area contributed by atoms with Gasteiger partial charge in [0.2, 0.25) is 11.9 Å². The Hall–Kier alpha value is -1.80. The van der Waals surface area contributed by atoms with Crippen LogP contribution in [-0.2, 0) is 9.53 Å². The second-order valence-corrected chi connectivity index (χ2v) is 6.34. The third-order valence-electron chi connectivity index (χ3n) is 4.24. The zero-order valence-electron chi connectivity index (χ0n) is 13.4. The number of rotatable bonds is 5. The molecule has 2 aliphatic heterocycles. The molecule has 0 unspecified atom stereocenters. The van der Waals surface area contributed by atoms with Crippen molar-refractivity contribution in [1.82, 2.24) is 20.2 Å². The minimum absolute atomic E-state index is 0.00741. The summed E-state index contributed by atoms with van der Waals surface area (Å²) in [6, 6.07) is 0. The molecule has 3 atom stereocenters. The van der Waals surface area contributed by atoms with E-state index in [4.69, 9.17) is 4.74 Å². The van der Waals surface area contributed by atoms with Gasteiger partial charge in [0.1, 0.15) is 0 Å². The van der Waals surface area contributed by atoms with Gasteiger partial charge in [-0.3, -0.25) is 4.79 Å². The molecule has 2 aliphatic rings. The number of likely N-dealkylation sites (N-methyl/N-ethyl adjacent to an activating group) is 1. The standard InChI is InChI=1S/C15H22FN5O2/c1-20(2)4-3-17-14(22)12-5-11-8-21(9-13(12)23-11)15-18-6-10(16)7-19-15/h6-7,11-13H,3-5,8-9H2,1-2H3,(H,17,22)/t11-,12+,13+/m0/s1. The Kier molecular flexibility index (Phi) is 4.72. The number of halogens is 1. The van der Waals surface area contributed by atoms with Gasteiger partial charge in [0, 0.05) is 26.2 Å². The van der Waals surface area contributed by atoms with Gasteiger partial charge in [-0.05, 0) is 20.5 Å². The molecule has 1 N–H and O–H groups in total. The Morgan fingerprint density at radius 2 is 2.17 bits per heavy atom. The van der Waals surface area contributed by atoms with E-state index >= 15 is 0 Å². The average molecular weight is 323 g/mol. The van der Waals surface area contributed by atoms with Crippen molar-refractivity contribution < 1.29 is 13.9 Å². The summed E-state index contributed by atoms with van der Waals surface area (Å²) in [5.41, 5.74) is 0. The van der Waals surface area contributed by atoms with Gasteiger partial charge in [0.05, 0.1) is 30.5 Å². The lowest BCUT2D eigenvalue weighted by Crippen LogP contribution is -2.46. The molecule has 8 heteroatoms. The summed E-state index contributed by atoms with van der Waals surface area (Å²) in [5, 5.41) is 2.97. The molecule has 3 heterocycles. The molecule has 0 saturated carbocycles. The van der Waals surface area contributed by atoms with Crippen LogP contribution in [0.1, 0.15) is 6.42 Å². The maximum Gasteiger partial charge on any atom is 0.225 e. The van der Waals surface area contributed by atoms with E-state index in [1.165, 1.54) is 0 Å². The Bertz CT molecular complexity index is 553. The van der Waals surface area contributed by atoms with Crippen LogP contribution in [0, 0.1) is 11.7 Å². The number of morpholine rings is 1. The predicted molar refractivity (Wildman–Crippen MR) is 82.5 cm³/mol. The number of fused-ring (bicyclic) bond motifs is 2. The Morgan fingerprint density at radius 3 is 2.87 bits per heavy atom. The maximum atomic E-state index is 12.9. The fraction of sp³-hybridized carbons (Fsp3) is 0.667. The molecular formula is C15H22FN5O2. The van der Waals surface area contributed by atoms with Crippen molar-refractivity contribution in [2.24, 2.45) is 5.92 Å². The van der Waals surface area contributed by atoms with Gasteiger partial charge in [-0.15, -0.1) is 0 Å². The lowest BCUT2D eigenvalue weighted by Gasteiger charge is -2.32. The van der Waals surface area contributed by atoms with Gasteiger partial charge in [0.25, 0.3) is 0 Å². The fourth-order valence-electron chi connectivity index (χ4n) is 3.10. The SMILES string of the molecule is CN(C)CCNC(=O)[C@@H]1C[C@H]2CN(c3ncc(F)cn3)C[C@H]1O2. The summed E-state index contributed by atoms with van der Waals surface area (Å²) < 4.78 is 18.8. The van der Waals surface area contributed by atoms with Crippen molar-refractivity contribution in [3.63, 3.8) is 0 Å². The normalized spacial score (nSPS) is 26.6. The quantitative estimate of drug-likeness (QED) is 0.815. The van der Waals surface area contributed by atoms with Crippen molar-refractivity contribution in [3.8, 4) is 0 Å². The molecular weight excluding hydrogens is 301 g/mol. The van der Waals surface area contributed by atoms with Crippen molar-refractivity contribution in [2.45, 2.75) is 18.6 Å². The molecule has 1 aromatic rings. The molecule has 3 rings (SSSR count). The van der Waals surface area contributed by atoms with E-state index in [-0.39, 0.29) is 24.0 Å². The molecule has 2 fully saturated rings. The molecule has 23 heavy (non-hydrogen) atoms. The van der Waals surface area contributed by atoms with Crippen LogP contribution < -0.4 is 10.2 Å². The third-order valence-corrected chi connectivity index (χ3v) is 4.24. The van der Waals surface area contributed by atoms with Crippen molar-refractivity contribution in [3.05, 3.63) is 18.2 Å². The summed E-state index contributed by atoms with van der Waals surface area (Å²) in [6.07, 6.45) is 2.85. The lowest BCUT2D eigenvalue weighted by atomic mass is 9.99. The van der Waals surface area contributed by atoms with Gasteiger partial charge in [-0.25, -0.2) is 14.4 Å². The van der Waals surface area contributed by atoms with E-state index in [9.17, 15) is 9.18 Å². The molecule has 2 saturated heterocycles. The second kappa shape index (κ2) is 6.76. The number of hydrogen-bond acceptors (Lipinski definition) is 6. The first-order valence-electron chi connectivity index (χ1n) is 7.83. The van der Waals surface area contributed by atoms with E-state index in [2.05, 4.69) is 15.3 Å². The third kappa shape index (κ3) is 3.76. The summed E-state index contributed by atoms with van der Waals surface area (Å²) >= 11 is 0. The smallest absolute Gasteiger partial charge is 0.225 e. The zero-order valence-corrected chi connectivity index (χ0v) is 13.4. The topological polar surface area (TPSA) is 70.6 Å². The van der Waals surface area contributed by atoms with Gasteiger partial charge in [0.15, 0.2) is 5.82 Å². The highest BCUT2D eigenvalue weighted by Gasteiger charge is 2.45. The van der Waals surface area contributed by atoms with Crippen LogP contribution in [0.2, 0.25) is 0 Å². The van der Waals surface area contributed by atoms with Crippen LogP contribution in [0.3, 0.4) is 0 Å². The number of carbonyl (C=O) groups excluding carboxylic acids is 1. The first-order chi connectivity index (χ1) is 11.0. The van der Waals surface area contributed by atoms with Gasteiger partial charge in [-0.2, -0.15) is 0 Å². The van der Waals surface area contributed by atoms with E-state index in [0.29, 0.717) is 32.0 Å². The van der Waals surface area contributed by atoms with Crippen LogP contribution in [-0.4, -0.2) is 73.3 Å².